The van der Waals surface area contributed by atoms with Crippen molar-refractivity contribution < 1.29 is 18.8 Å². The van der Waals surface area contributed by atoms with Gasteiger partial charge in [0.2, 0.25) is 23.6 Å². The molecule has 0 radical (unpaired) electrons. The summed E-state index contributed by atoms with van der Waals surface area (Å²) in [5.41, 5.74) is 1.93. The molecule has 2 saturated heterocycles. The van der Waals surface area contributed by atoms with Gasteiger partial charge in [-0.1, -0.05) is 44.2 Å². The Morgan fingerprint density at radius 1 is 1.17 bits per heavy atom. The van der Waals surface area contributed by atoms with Crippen molar-refractivity contribution in [2.45, 2.75) is 74.4 Å². The molecule has 41 heavy (non-hydrogen) atoms. The predicted octanol–water partition coefficient (Wildman–Crippen LogP) is 4.79. The third-order valence-corrected chi connectivity index (χ3v) is 9.31. The monoisotopic (exact) mass is 596 g/mol. The Labute approximate surface area is 248 Å². The number of hydrogen-bond acceptors (Lipinski definition) is 10. The van der Waals surface area contributed by atoms with Crippen molar-refractivity contribution in [1.29, 1.82) is 0 Å². The standard InChI is InChI=1S/C29H36N6O4S2/c1-29(2,3)22-14-30-24(39-22)17-40-25-15-31-28(41-25)34-26(37)19-9-11-35(12-10-19)16-18-5-4-6-20(13-18)32-21-7-8-23(36)33-27(21)38/h4-6,13-15,19,21,32H,7-12,16-17H2,1-3H3,(H,31,34,37)(H,33,36,38). The summed E-state index contributed by atoms with van der Waals surface area (Å²) in [5.74, 6) is 1.64. The van der Waals surface area contributed by atoms with Crippen LogP contribution in [0, 0.1) is 5.92 Å². The van der Waals surface area contributed by atoms with Gasteiger partial charge in [0, 0.05) is 30.0 Å². The molecule has 1 unspecified atom stereocenters. The van der Waals surface area contributed by atoms with Crippen LogP contribution >= 0.6 is 23.1 Å². The molecule has 2 aliphatic heterocycles. The van der Waals surface area contributed by atoms with Crippen LogP contribution in [0.2, 0.25) is 0 Å². The lowest BCUT2D eigenvalue weighted by Gasteiger charge is -2.31. The molecular weight excluding hydrogens is 560 g/mol. The molecule has 1 atom stereocenters. The van der Waals surface area contributed by atoms with Crippen LogP contribution in [-0.4, -0.2) is 51.7 Å². The molecule has 0 bridgehead atoms. The second-order valence-corrected chi connectivity index (χ2v) is 13.8. The van der Waals surface area contributed by atoms with E-state index in [0.717, 1.165) is 53.7 Å². The molecule has 5 rings (SSSR count). The number of nitrogens with zero attached hydrogens (tertiary/aromatic N) is 3. The van der Waals surface area contributed by atoms with E-state index >= 15 is 0 Å². The SMILES string of the molecule is CC(C)(C)c1cnc(CSc2cnc(NC(=O)C3CCN(Cc4cccc(NC5CCC(=O)NC5=O)c4)CC3)s2)o1. The summed E-state index contributed by atoms with van der Waals surface area (Å²) in [6, 6.07) is 7.62. The minimum atomic E-state index is -0.403. The van der Waals surface area contributed by atoms with Crippen LogP contribution in [0.4, 0.5) is 10.8 Å². The number of likely N-dealkylation sites (tertiary alicyclic amines) is 1. The maximum atomic E-state index is 12.9. The van der Waals surface area contributed by atoms with Gasteiger partial charge in [0.05, 0.1) is 22.4 Å². The first-order valence-electron chi connectivity index (χ1n) is 13.9. The normalized spacial score (nSPS) is 18.8. The summed E-state index contributed by atoms with van der Waals surface area (Å²) < 4.78 is 6.86. The summed E-state index contributed by atoms with van der Waals surface area (Å²) in [7, 11) is 0. The Bertz CT molecular complexity index is 1390. The van der Waals surface area contributed by atoms with E-state index in [1.165, 1.54) is 11.3 Å². The number of carbonyl (C=O) groups excluding carboxylic acids is 3. The number of aromatic nitrogens is 2. The van der Waals surface area contributed by atoms with Gasteiger partial charge in [0.1, 0.15) is 11.8 Å². The molecule has 2 aromatic heterocycles. The summed E-state index contributed by atoms with van der Waals surface area (Å²) in [5, 5.41) is 9.25. The lowest BCUT2D eigenvalue weighted by atomic mass is 9.94. The highest BCUT2D eigenvalue weighted by molar-refractivity contribution is 8.00. The molecule has 2 fully saturated rings. The highest BCUT2D eigenvalue weighted by Crippen LogP contribution is 2.32. The molecule has 2 aliphatic rings. The third-order valence-electron chi connectivity index (χ3n) is 7.22. The second-order valence-electron chi connectivity index (χ2n) is 11.5. The molecule has 3 aromatic rings. The number of imide groups is 1. The fourth-order valence-corrected chi connectivity index (χ4v) is 6.58. The number of rotatable bonds is 9. The number of carbonyl (C=O) groups is 3. The molecule has 4 heterocycles. The van der Waals surface area contributed by atoms with E-state index in [1.54, 1.807) is 24.2 Å². The van der Waals surface area contributed by atoms with Gasteiger partial charge in [0.15, 0.2) is 5.13 Å². The number of thiazole rings is 1. The van der Waals surface area contributed by atoms with Gasteiger partial charge in [0.25, 0.3) is 0 Å². The first kappa shape index (κ1) is 29.3. The minimum absolute atomic E-state index is 0.0218. The smallest absolute Gasteiger partial charge is 0.249 e. The lowest BCUT2D eigenvalue weighted by molar-refractivity contribution is -0.133. The van der Waals surface area contributed by atoms with Crippen molar-refractivity contribution in [3.8, 4) is 0 Å². The first-order chi connectivity index (χ1) is 19.6. The zero-order valence-corrected chi connectivity index (χ0v) is 25.2. The highest BCUT2D eigenvalue weighted by atomic mass is 32.2. The molecule has 3 N–H and O–H groups in total. The van der Waals surface area contributed by atoms with Crippen LogP contribution in [0.5, 0.6) is 0 Å². The molecule has 0 aliphatic carbocycles. The number of thioether (sulfide) groups is 1. The highest BCUT2D eigenvalue weighted by Gasteiger charge is 2.27. The van der Waals surface area contributed by atoms with Crippen molar-refractivity contribution in [3.63, 3.8) is 0 Å². The topological polar surface area (TPSA) is 129 Å². The number of piperidine rings is 2. The zero-order valence-electron chi connectivity index (χ0n) is 23.6. The quantitative estimate of drug-likeness (QED) is 0.236. The number of oxazole rings is 1. The van der Waals surface area contributed by atoms with E-state index in [1.807, 2.05) is 18.2 Å². The van der Waals surface area contributed by atoms with Crippen molar-refractivity contribution in [1.82, 2.24) is 20.2 Å². The van der Waals surface area contributed by atoms with Crippen molar-refractivity contribution in [2.75, 3.05) is 23.7 Å². The Balaban J connectivity index is 1.05. The van der Waals surface area contributed by atoms with Crippen LogP contribution in [0.25, 0.3) is 0 Å². The van der Waals surface area contributed by atoms with E-state index in [9.17, 15) is 14.4 Å². The summed E-state index contributed by atoms with van der Waals surface area (Å²) in [6.07, 6.45) is 5.98. The fraction of sp³-hybridized carbons (Fsp3) is 0.483. The molecule has 0 saturated carbocycles. The number of amides is 3. The number of hydrogen-bond donors (Lipinski definition) is 3. The Hall–Kier alpha value is -3.22. The van der Waals surface area contributed by atoms with E-state index < -0.39 is 6.04 Å². The average Bonchev–Trinajstić information content (AvgIpc) is 3.59. The minimum Gasteiger partial charge on any atom is -0.444 e. The molecule has 1 aromatic carbocycles. The third kappa shape index (κ3) is 7.96. The molecular formula is C29H36N6O4S2. The Morgan fingerprint density at radius 2 is 1.98 bits per heavy atom. The van der Waals surface area contributed by atoms with Gasteiger partial charge in [-0.2, -0.15) is 0 Å². The predicted molar refractivity (Wildman–Crippen MR) is 160 cm³/mol. The van der Waals surface area contributed by atoms with E-state index in [4.69, 9.17) is 4.42 Å². The van der Waals surface area contributed by atoms with Gasteiger partial charge < -0.3 is 15.1 Å². The van der Waals surface area contributed by atoms with Crippen molar-refractivity contribution in [2.24, 2.45) is 5.92 Å². The molecule has 12 heteroatoms. The van der Waals surface area contributed by atoms with Crippen molar-refractivity contribution in [3.05, 3.63) is 53.9 Å². The van der Waals surface area contributed by atoms with Crippen LogP contribution < -0.4 is 16.0 Å². The van der Waals surface area contributed by atoms with Gasteiger partial charge in [-0.05, 0) is 50.0 Å². The summed E-state index contributed by atoms with van der Waals surface area (Å²) in [6.45, 7) is 8.71. The zero-order chi connectivity index (χ0) is 29.0. The molecule has 3 amide bonds. The number of benzene rings is 1. The summed E-state index contributed by atoms with van der Waals surface area (Å²) >= 11 is 3.06. The average molecular weight is 597 g/mol. The second kappa shape index (κ2) is 12.7. The molecule has 10 nitrogen and oxygen atoms in total. The van der Waals surface area contributed by atoms with Crippen LogP contribution in [-0.2, 0) is 32.1 Å². The Kier molecular flexibility index (Phi) is 9.10. The van der Waals surface area contributed by atoms with Crippen LogP contribution in [0.1, 0.15) is 63.7 Å². The van der Waals surface area contributed by atoms with E-state index in [-0.39, 0.29) is 29.1 Å². The van der Waals surface area contributed by atoms with Gasteiger partial charge in [-0.3, -0.25) is 24.6 Å². The Morgan fingerprint density at radius 3 is 2.71 bits per heavy atom. The van der Waals surface area contributed by atoms with Gasteiger partial charge in [-0.15, -0.1) is 11.8 Å². The molecule has 218 valence electrons. The van der Waals surface area contributed by atoms with Gasteiger partial charge in [-0.25, -0.2) is 9.97 Å². The summed E-state index contributed by atoms with van der Waals surface area (Å²) in [4.78, 5) is 47.5. The number of anilines is 2. The maximum absolute atomic E-state index is 12.9. The van der Waals surface area contributed by atoms with Crippen LogP contribution in [0.3, 0.4) is 0 Å². The van der Waals surface area contributed by atoms with Crippen molar-refractivity contribution >= 4 is 51.6 Å². The molecule has 0 spiro atoms. The van der Waals surface area contributed by atoms with Gasteiger partial charge >= 0.3 is 0 Å². The largest absolute Gasteiger partial charge is 0.444 e. The van der Waals surface area contributed by atoms with Crippen LogP contribution in [0.15, 0.2) is 45.3 Å². The fourth-order valence-electron chi connectivity index (χ4n) is 4.85. The van der Waals surface area contributed by atoms with E-state index in [2.05, 4.69) is 57.7 Å². The number of nitrogens with one attached hydrogen (secondary N) is 3. The maximum Gasteiger partial charge on any atom is 0.249 e. The van der Waals surface area contributed by atoms with E-state index in [0.29, 0.717) is 29.6 Å². The first-order valence-corrected chi connectivity index (χ1v) is 15.7. The lowest BCUT2D eigenvalue weighted by Crippen LogP contribution is -2.47.